The highest BCUT2D eigenvalue weighted by Crippen LogP contribution is 2.30. The van der Waals surface area contributed by atoms with Crippen molar-refractivity contribution in [3.63, 3.8) is 0 Å². The maximum absolute atomic E-state index is 13.2. The van der Waals surface area contributed by atoms with Gasteiger partial charge in [-0.15, -0.1) is 9.24 Å². The second kappa shape index (κ2) is 5.11. The summed E-state index contributed by atoms with van der Waals surface area (Å²) in [6, 6.07) is 0. The van der Waals surface area contributed by atoms with Crippen LogP contribution in [0.5, 0.6) is 0 Å². The lowest BCUT2D eigenvalue weighted by Gasteiger charge is -2.14. The molecule has 0 saturated carbocycles. The summed E-state index contributed by atoms with van der Waals surface area (Å²) >= 11 is 0. The van der Waals surface area contributed by atoms with Crippen LogP contribution in [0, 0.1) is 0 Å². The zero-order valence-electron chi connectivity index (χ0n) is 7.88. The summed E-state index contributed by atoms with van der Waals surface area (Å²) in [5.41, 5.74) is 0. The minimum Gasteiger partial charge on any atom is -0.479 e. The van der Waals surface area contributed by atoms with Gasteiger partial charge in [0.05, 0.1) is 7.11 Å². The number of methoxy groups -OCH3 is 1. The molecule has 0 aromatic carbocycles. The number of hydrogen-bond donors (Lipinski definition) is 0. The van der Waals surface area contributed by atoms with E-state index in [1.54, 1.807) is 0 Å². The Labute approximate surface area is 84.2 Å². The Kier molecular flexibility index (Phi) is 4.08. The fraction of sp³-hybridized carbons (Fsp3) is 0.444. The summed E-state index contributed by atoms with van der Waals surface area (Å²) in [5.74, 6) is -0.787. The normalized spacial score (nSPS) is 16.4. The summed E-state index contributed by atoms with van der Waals surface area (Å²) in [6.07, 6.45) is 2.84. The van der Waals surface area contributed by atoms with Crippen LogP contribution >= 0.6 is 9.24 Å². The molecule has 1 aliphatic carbocycles. The molecule has 0 aromatic heterocycles. The van der Waals surface area contributed by atoms with Crippen molar-refractivity contribution in [1.29, 1.82) is 0 Å². The predicted octanol–water partition coefficient (Wildman–Crippen LogP) is 1.91. The third-order valence-corrected chi connectivity index (χ3v) is 2.36. The molecule has 78 valence electrons. The number of hydrogen-bond acceptors (Lipinski definition) is 3. The van der Waals surface area contributed by atoms with Crippen molar-refractivity contribution in [1.82, 2.24) is 0 Å². The first-order valence-electron chi connectivity index (χ1n) is 4.19. The zero-order chi connectivity index (χ0) is 10.6. The van der Waals surface area contributed by atoms with Crippen LogP contribution in [0.3, 0.4) is 0 Å². The SMILES string of the molecule is COC(=O)COC1=C(P)CCC=C1F. The van der Waals surface area contributed by atoms with Crippen molar-refractivity contribution in [2.75, 3.05) is 13.7 Å². The minimum absolute atomic E-state index is 0.145. The Morgan fingerprint density at radius 1 is 1.71 bits per heavy atom. The van der Waals surface area contributed by atoms with Crippen molar-refractivity contribution in [2.24, 2.45) is 0 Å². The molecule has 0 aliphatic heterocycles. The first-order valence-corrected chi connectivity index (χ1v) is 4.77. The van der Waals surface area contributed by atoms with Gasteiger partial charge >= 0.3 is 5.97 Å². The molecule has 0 aromatic rings. The van der Waals surface area contributed by atoms with E-state index in [1.165, 1.54) is 13.2 Å². The molecule has 0 bridgehead atoms. The Balaban J connectivity index is 2.58. The highest BCUT2D eigenvalue weighted by molar-refractivity contribution is 7.22. The number of allylic oxidation sites excluding steroid dienone is 3. The molecule has 3 nitrogen and oxygen atoms in total. The monoisotopic (exact) mass is 218 g/mol. The summed E-state index contributed by atoms with van der Waals surface area (Å²) in [7, 11) is 3.67. The molecule has 0 N–H and O–H groups in total. The van der Waals surface area contributed by atoms with Crippen LogP contribution in [0.1, 0.15) is 12.8 Å². The summed E-state index contributed by atoms with van der Waals surface area (Å²) in [6.45, 7) is -0.259. The highest BCUT2D eigenvalue weighted by atomic mass is 31.0. The second-order valence-electron chi connectivity index (χ2n) is 2.81. The van der Waals surface area contributed by atoms with Crippen LogP contribution < -0.4 is 0 Å². The van der Waals surface area contributed by atoms with Gasteiger partial charge in [0.15, 0.2) is 18.2 Å². The minimum atomic E-state index is -0.520. The summed E-state index contributed by atoms with van der Waals surface area (Å²) in [4.78, 5) is 10.7. The Morgan fingerprint density at radius 3 is 3.00 bits per heavy atom. The number of halogens is 1. The van der Waals surface area contributed by atoms with E-state index in [2.05, 4.69) is 14.0 Å². The predicted molar refractivity (Wildman–Crippen MR) is 53.1 cm³/mol. The fourth-order valence-electron chi connectivity index (χ4n) is 1.07. The highest BCUT2D eigenvalue weighted by Gasteiger charge is 2.16. The Hall–Kier alpha value is -0.890. The summed E-state index contributed by atoms with van der Waals surface area (Å²) in [5, 5.41) is 0.744. The van der Waals surface area contributed by atoms with E-state index >= 15 is 0 Å². The van der Waals surface area contributed by atoms with E-state index in [0.717, 1.165) is 11.7 Å². The van der Waals surface area contributed by atoms with Gasteiger partial charge in [-0.1, -0.05) is 0 Å². The molecule has 1 atom stereocenters. The molecule has 1 aliphatic rings. The van der Waals surface area contributed by atoms with E-state index in [9.17, 15) is 9.18 Å². The van der Waals surface area contributed by atoms with Crippen molar-refractivity contribution >= 4 is 15.2 Å². The summed E-state index contributed by atoms with van der Waals surface area (Å²) < 4.78 is 22.5. The van der Waals surface area contributed by atoms with E-state index in [1.807, 2.05) is 0 Å². The molecule has 0 radical (unpaired) electrons. The lowest BCUT2D eigenvalue weighted by Crippen LogP contribution is -2.11. The molecule has 1 unspecified atom stereocenters. The molecule has 5 heteroatoms. The number of carbonyl (C=O) groups excluding carboxylic acids is 1. The third-order valence-electron chi connectivity index (χ3n) is 1.81. The van der Waals surface area contributed by atoms with E-state index < -0.39 is 11.8 Å². The second-order valence-corrected chi connectivity index (χ2v) is 3.51. The number of carbonyl (C=O) groups is 1. The maximum atomic E-state index is 13.2. The molecule has 14 heavy (non-hydrogen) atoms. The topological polar surface area (TPSA) is 35.5 Å². The van der Waals surface area contributed by atoms with Crippen LogP contribution in [0.25, 0.3) is 0 Å². The quantitative estimate of drug-likeness (QED) is 0.536. The van der Waals surface area contributed by atoms with E-state index in [4.69, 9.17) is 4.74 Å². The number of rotatable bonds is 3. The average molecular weight is 218 g/mol. The first-order chi connectivity index (χ1) is 6.65. The molecule has 1 rings (SSSR count). The van der Waals surface area contributed by atoms with E-state index in [0.29, 0.717) is 6.42 Å². The van der Waals surface area contributed by atoms with Gasteiger partial charge in [-0.05, 0) is 24.2 Å². The Bertz CT molecular complexity index is 296. The van der Waals surface area contributed by atoms with Crippen LogP contribution in [0.15, 0.2) is 23.0 Å². The smallest absolute Gasteiger partial charge is 0.343 e. The van der Waals surface area contributed by atoms with Gasteiger partial charge < -0.3 is 9.47 Å². The molecule has 0 fully saturated rings. The standard InChI is InChI=1S/C9H12FO3P/c1-12-8(11)5-13-9-6(10)3-2-4-7(9)14/h3H,2,4-5,14H2,1H3. The van der Waals surface area contributed by atoms with Crippen LogP contribution in [-0.2, 0) is 14.3 Å². The largest absolute Gasteiger partial charge is 0.479 e. The molecule has 0 amide bonds. The zero-order valence-corrected chi connectivity index (χ0v) is 9.03. The van der Waals surface area contributed by atoms with E-state index in [-0.39, 0.29) is 12.4 Å². The van der Waals surface area contributed by atoms with Crippen molar-refractivity contribution in [2.45, 2.75) is 12.8 Å². The van der Waals surface area contributed by atoms with Crippen LogP contribution in [0.4, 0.5) is 4.39 Å². The number of ether oxygens (including phenoxy) is 2. The lowest BCUT2D eigenvalue weighted by molar-refractivity contribution is -0.144. The van der Waals surface area contributed by atoms with Gasteiger partial charge in [-0.3, -0.25) is 0 Å². The fourth-order valence-corrected chi connectivity index (χ4v) is 1.45. The van der Waals surface area contributed by atoms with Gasteiger partial charge in [-0.25, -0.2) is 9.18 Å². The molecular weight excluding hydrogens is 206 g/mol. The van der Waals surface area contributed by atoms with Gasteiger partial charge in [-0.2, -0.15) is 0 Å². The molecular formula is C9H12FO3P. The van der Waals surface area contributed by atoms with Gasteiger partial charge in [0.2, 0.25) is 0 Å². The molecule has 0 heterocycles. The number of esters is 1. The maximum Gasteiger partial charge on any atom is 0.343 e. The van der Waals surface area contributed by atoms with Crippen LogP contribution in [-0.4, -0.2) is 19.7 Å². The van der Waals surface area contributed by atoms with Crippen LogP contribution in [0.2, 0.25) is 0 Å². The Morgan fingerprint density at radius 2 is 2.43 bits per heavy atom. The lowest BCUT2D eigenvalue weighted by atomic mass is 10.1. The first kappa shape index (κ1) is 11.2. The third kappa shape index (κ3) is 2.81. The van der Waals surface area contributed by atoms with Gasteiger partial charge in [0.1, 0.15) is 0 Å². The molecule has 0 saturated heterocycles. The van der Waals surface area contributed by atoms with Gasteiger partial charge in [0.25, 0.3) is 0 Å². The molecule has 0 spiro atoms. The van der Waals surface area contributed by atoms with Gasteiger partial charge in [0, 0.05) is 0 Å². The van der Waals surface area contributed by atoms with Crippen molar-refractivity contribution in [3.05, 3.63) is 23.0 Å². The average Bonchev–Trinajstić information content (AvgIpc) is 2.16. The van der Waals surface area contributed by atoms with Crippen molar-refractivity contribution in [3.8, 4) is 0 Å². The van der Waals surface area contributed by atoms with Crippen molar-refractivity contribution < 1.29 is 18.7 Å².